The third kappa shape index (κ3) is 4.32. The summed E-state index contributed by atoms with van der Waals surface area (Å²) in [6, 6.07) is 19.4. The molecule has 4 aromatic rings. The highest BCUT2D eigenvalue weighted by Crippen LogP contribution is 2.17. The van der Waals surface area contributed by atoms with Gasteiger partial charge in [0.2, 0.25) is 0 Å². The first-order valence-corrected chi connectivity index (χ1v) is 9.72. The van der Waals surface area contributed by atoms with Crippen LogP contribution in [0, 0.1) is 0 Å². The van der Waals surface area contributed by atoms with Crippen LogP contribution in [0.4, 0.5) is 0 Å². The highest BCUT2D eigenvalue weighted by atomic mass is 16.5. The van der Waals surface area contributed by atoms with Crippen molar-refractivity contribution in [3.8, 4) is 5.75 Å². The van der Waals surface area contributed by atoms with E-state index in [9.17, 15) is 4.79 Å². The molecule has 0 aliphatic heterocycles. The van der Waals surface area contributed by atoms with Crippen LogP contribution in [0.3, 0.4) is 0 Å². The summed E-state index contributed by atoms with van der Waals surface area (Å²) in [6.07, 6.45) is 2.49. The van der Waals surface area contributed by atoms with Crippen LogP contribution in [0.1, 0.15) is 28.9 Å². The molecule has 0 saturated carbocycles. The SMILES string of the molecule is CCc1ccc(OCCn2c(CNC(=O)c3ccco3)nc3ccccc32)cc1. The molecule has 6 heteroatoms. The van der Waals surface area contributed by atoms with E-state index in [0.29, 0.717) is 19.7 Å². The van der Waals surface area contributed by atoms with Gasteiger partial charge in [-0.25, -0.2) is 4.98 Å². The Morgan fingerprint density at radius 1 is 1.10 bits per heavy atom. The van der Waals surface area contributed by atoms with Crippen molar-refractivity contribution in [1.82, 2.24) is 14.9 Å². The number of aryl methyl sites for hydroxylation is 1. The number of aromatic nitrogens is 2. The van der Waals surface area contributed by atoms with Gasteiger partial charge < -0.3 is 19.0 Å². The molecule has 0 unspecified atom stereocenters. The Hall–Kier alpha value is -3.54. The molecule has 4 rings (SSSR count). The van der Waals surface area contributed by atoms with E-state index in [1.807, 2.05) is 36.4 Å². The smallest absolute Gasteiger partial charge is 0.287 e. The van der Waals surface area contributed by atoms with Gasteiger partial charge in [0.25, 0.3) is 5.91 Å². The van der Waals surface area contributed by atoms with Crippen LogP contribution in [0.25, 0.3) is 11.0 Å². The van der Waals surface area contributed by atoms with Crippen LogP contribution < -0.4 is 10.1 Å². The van der Waals surface area contributed by atoms with Crippen molar-refractivity contribution in [2.45, 2.75) is 26.4 Å². The zero-order valence-electron chi connectivity index (χ0n) is 16.3. The molecule has 2 aromatic heterocycles. The topological polar surface area (TPSA) is 69.3 Å². The lowest BCUT2D eigenvalue weighted by atomic mass is 10.2. The van der Waals surface area contributed by atoms with E-state index in [0.717, 1.165) is 29.0 Å². The number of nitrogens with one attached hydrogen (secondary N) is 1. The zero-order valence-corrected chi connectivity index (χ0v) is 16.3. The molecule has 2 heterocycles. The van der Waals surface area contributed by atoms with Crippen LogP contribution in [0.15, 0.2) is 71.3 Å². The highest BCUT2D eigenvalue weighted by Gasteiger charge is 2.13. The fraction of sp³-hybridized carbons (Fsp3) is 0.217. The molecular weight excluding hydrogens is 366 g/mol. The Labute approximate surface area is 169 Å². The van der Waals surface area contributed by atoms with Gasteiger partial charge in [0.15, 0.2) is 5.76 Å². The first kappa shape index (κ1) is 18.8. The number of benzene rings is 2. The van der Waals surface area contributed by atoms with E-state index in [1.165, 1.54) is 11.8 Å². The number of imidazole rings is 1. The molecular formula is C23H23N3O3. The van der Waals surface area contributed by atoms with E-state index in [4.69, 9.17) is 9.15 Å². The number of carbonyl (C=O) groups excluding carboxylic acids is 1. The first-order valence-electron chi connectivity index (χ1n) is 9.72. The number of hydrogen-bond acceptors (Lipinski definition) is 4. The highest BCUT2D eigenvalue weighted by molar-refractivity contribution is 5.91. The Balaban J connectivity index is 1.46. The molecule has 29 heavy (non-hydrogen) atoms. The average molecular weight is 389 g/mol. The van der Waals surface area contributed by atoms with Crippen molar-refractivity contribution < 1.29 is 13.9 Å². The van der Waals surface area contributed by atoms with Crippen molar-refractivity contribution in [1.29, 1.82) is 0 Å². The molecule has 0 saturated heterocycles. The van der Waals surface area contributed by atoms with Crippen LogP contribution >= 0.6 is 0 Å². The second-order valence-electron chi connectivity index (χ2n) is 6.67. The first-order chi connectivity index (χ1) is 14.2. The summed E-state index contributed by atoms with van der Waals surface area (Å²) in [5.74, 6) is 1.64. The van der Waals surface area contributed by atoms with Crippen LogP contribution in [-0.2, 0) is 19.5 Å². The summed E-state index contributed by atoms with van der Waals surface area (Å²) in [7, 11) is 0. The molecule has 0 bridgehead atoms. The number of carbonyl (C=O) groups is 1. The monoisotopic (exact) mass is 389 g/mol. The van der Waals surface area contributed by atoms with Gasteiger partial charge in [-0.15, -0.1) is 0 Å². The predicted octanol–water partition coefficient (Wildman–Crippen LogP) is 4.20. The molecule has 2 aromatic carbocycles. The molecule has 0 radical (unpaired) electrons. The third-order valence-electron chi connectivity index (χ3n) is 4.80. The standard InChI is InChI=1S/C23H23N3O3/c1-2-17-9-11-18(12-10-17)28-15-13-26-20-7-4-3-6-19(20)25-22(26)16-24-23(27)21-8-5-14-29-21/h3-12,14H,2,13,15-16H2,1H3,(H,24,27). The van der Waals surface area contributed by atoms with E-state index in [-0.39, 0.29) is 11.7 Å². The second-order valence-corrected chi connectivity index (χ2v) is 6.67. The summed E-state index contributed by atoms with van der Waals surface area (Å²) in [5.41, 5.74) is 3.19. The van der Waals surface area contributed by atoms with Gasteiger partial charge in [0, 0.05) is 0 Å². The molecule has 1 amide bonds. The summed E-state index contributed by atoms with van der Waals surface area (Å²) >= 11 is 0. The fourth-order valence-corrected chi connectivity index (χ4v) is 3.24. The molecule has 1 N–H and O–H groups in total. The van der Waals surface area contributed by atoms with Crippen molar-refractivity contribution in [3.63, 3.8) is 0 Å². The Bertz CT molecular complexity index is 1080. The van der Waals surface area contributed by atoms with Gasteiger partial charge in [0.05, 0.1) is 30.4 Å². The van der Waals surface area contributed by atoms with Crippen LogP contribution in [0.5, 0.6) is 5.75 Å². The summed E-state index contributed by atoms with van der Waals surface area (Å²) in [6.45, 7) is 3.57. The maximum absolute atomic E-state index is 12.2. The number of hydrogen-bond donors (Lipinski definition) is 1. The fourth-order valence-electron chi connectivity index (χ4n) is 3.24. The van der Waals surface area contributed by atoms with E-state index < -0.39 is 0 Å². The lowest BCUT2D eigenvalue weighted by Gasteiger charge is -2.11. The number of amides is 1. The van der Waals surface area contributed by atoms with Crippen molar-refractivity contribution in [3.05, 3.63) is 84.1 Å². The second kappa shape index (κ2) is 8.65. The maximum atomic E-state index is 12.2. The predicted molar refractivity (Wildman–Crippen MR) is 111 cm³/mol. The summed E-state index contributed by atoms with van der Waals surface area (Å²) in [4.78, 5) is 16.9. The van der Waals surface area contributed by atoms with Gasteiger partial charge in [-0.2, -0.15) is 0 Å². The van der Waals surface area contributed by atoms with Crippen LogP contribution in [-0.4, -0.2) is 22.1 Å². The lowest BCUT2D eigenvalue weighted by molar-refractivity contribution is 0.0921. The van der Waals surface area contributed by atoms with E-state index >= 15 is 0 Å². The summed E-state index contributed by atoms with van der Waals surface area (Å²) in [5, 5.41) is 2.87. The lowest BCUT2D eigenvalue weighted by Crippen LogP contribution is -2.25. The van der Waals surface area contributed by atoms with Gasteiger partial charge in [0.1, 0.15) is 18.2 Å². The quantitative estimate of drug-likeness (QED) is 0.490. The Kier molecular flexibility index (Phi) is 5.61. The molecule has 0 spiro atoms. The average Bonchev–Trinajstić information content (AvgIpc) is 3.41. The molecule has 0 atom stereocenters. The van der Waals surface area contributed by atoms with Crippen LogP contribution in [0.2, 0.25) is 0 Å². The van der Waals surface area contributed by atoms with E-state index in [2.05, 4.69) is 33.9 Å². The minimum atomic E-state index is -0.263. The number of fused-ring (bicyclic) bond motifs is 1. The van der Waals surface area contributed by atoms with Gasteiger partial charge >= 0.3 is 0 Å². The van der Waals surface area contributed by atoms with Crippen molar-refractivity contribution in [2.24, 2.45) is 0 Å². The molecule has 0 aliphatic carbocycles. The van der Waals surface area contributed by atoms with Crippen molar-refractivity contribution >= 4 is 16.9 Å². The van der Waals surface area contributed by atoms with Crippen molar-refractivity contribution in [2.75, 3.05) is 6.61 Å². The molecule has 6 nitrogen and oxygen atoms in total. The van der Waals surface area contributed by atoms with Gasteiger partial charge in [-0.05, 0) is 48.4 Å². The summed E-state index contributed by atoms with van der Waals surface area (Å²) < 4.78 is 13.1. The Morgan fingerprint density at radius 2 is 1.93 bits per heavy atom. The Morgan fingerprint density at radius 3 is 2.69 bits per heavy atom. The van der Waals surface area contributed by atoms with E-state index in [1.54, 1.807) is 12.1 Å². The minimum Gasteiger partial charge on any atom is -0.492 e. The number of rotatable bonds is 8. The number of nitrogens with zero attached hydrogens (tertiary/aromatic N) is 2. The molecule has 148 valence electrons. The zero-order chi connectivity index (χ0) is 20.1. The largest absolute Gasteiger partial charge is 0.492 e. The molecule has 0 aliphatic rings. The number of furan rings is 1. The number of ether oxygens (including phenoxy) is 1. The van der Waals surface area contributed by atoms with Gasteiger partial charge in [-0.1, -0.05) is 31.2 Å². The van der Waals surface area contributed by atoms with Gasteiger partial charge in [-0.3, -0.25) is 4.79 Å². The number of para-hydroxylation sites is 2. The minimum absolute atomic E-state index is 0.263. The molecule has 0 fully saturated rings. The third-order valence-corrected chi connectivity index (χ3v) is 4.80. The maximum Gasteiger partial charge on any atom is 0.287 e. The normalized spacial score (nSPS) is 10.9.